The fourth-order valence-electron chi connectivity index (χ4n) is 8.67. The fourth-order valence-corrected chi connectivity index (χ4v) is 8.67. The first-order valence-corrected chi connectivity index (χ1v) is 17.4. The number of aliphatic hydroxyl groups excluding tert-OH is 1. The minimum absolute atomic E-state index is 0.0134. The molecule has 4 aliphatic carbocycles. The van der Waals surface area contributed by atoms with E-state index in [-0.39, 0.29) is 70.9 Å². The van der Waals surface area contributed by atoms with Crippen LogP contribution < -0.4 is 9.47 Å². The van der Waals surface area contributed by atoms with E-state index in [9.17, 15) is 34.4 Å². The van der Waals surface area contributed by atoms with Crippen molar-refractivity contribution < 1.29 is 63.4 Å². The van der Waals surface area contributed by atoms with Crippen LogP contribution in [0.1, 0.15) is 83.0 Å². The molecule has 3 saturated carbocycles. The Balaban J connectivity index is 0.00000113. The summed E-state index contributed by atoms with van der Waals surface area (Å²) in [5, 5.41) is 37.0. The molecule has 1 aromatic carbocycles. The Labute approximate surface area is 302 Å². The van der Waals surface area contributed by atoms with Crippen molar-refractivity contribution in [2.75, 3.05) is 26.9 Å². The molecule has 52 heavy (non-hydrogen) atoms. The van der Waals surface area contributed by atoms with Gasteiger partial charge in [-0.3, -0.25) is 9.59 Å². The van der Waals surface area contributed by atoms with Crippen molar-refractivity contribution in [1.82, 2.24) is 0 Å². The molecule has 1 aromatic rings. The van der Waals surface area contributed by atoms with Crippen LogP contribution in [0.3, 0.4) is 0 Å². The van der Waals surface area contributed by atoms with Crippen LogP contribution in [0.15, 0.2) is 42.0 Å². The summed E-state index contributed by atoms with van der Waals surface area (Å²) in [6.45, 7) is 6.22. The van der Waals surface area contributed by atoms with Gasteiger partial charge in [0.2, 0.25) is 0 Å². The second-order valence-electron chi connectivity index (χ2n) is 14.8. The molecule has 5 rings (SSSR count). The zero-order valence-electron chi connectivity index (χ0n) is 30.2. The predicted octanol–water partition coefficient (Wildman–Crippen LogP) is 4.53. The lowest BCUT2D eigenvalue weighted by Crippen LogP contribution is -2.56. The first-order valence-electron chi connectivity index (χ1n) is 17.4. The van der Waals surface area contributed by atoms with Crippen molar-refractivity contribution in [1.29, 1.82) is 0 Å². The molecular formula is C37H49NO14. The summed E-state index contributed by atoms with van der Waals surface area (Å²) >= 11 is 0. The lowest BCUT2D eigenvalue weighted by Gasteiger charge is -2.58. The molecule has 0 amide bonds. The molecule has 0 saturated heterocycles. The number of fused-ring (bicyclic) bond motifs is 5. The summed E-state index contributed by atoms with van der Waals surface area (Å²) in [7, 11) is 1.33. The number of methoxy groups -OCH3 is 1. The summed E-state index contributed by atoms with van der Waals surface area (Å²) < 4.78 is 20.9. The number of Topliss-reactive ketones (excluding diaryl/α,β-unsaturated/α-hetero) is 1. The van der Waals surface area contributed by atoms with Gasteiger partial charge in [0, 0.05) is 17.3 Å². The molecule has 7 unspecified atom stereocenters. The Kier molecular flexibility index (Phi) is 12.9. The third-order valence-electron chi connectivity index (χ3n) is 10.8. The Morgan fingerprint density at radius 3 is 2.40 bits per heavy atom. The summed E-state index contributed by atoms with van der Waals surface area (Å²) in [5.74, 6) is -2.35. The number of ether oxygens (including phenoxy) is 4. The number of esters is 1. The number of unbranched alkanes of at least 4 members (excludes halogenated alkanes) is 1. The number of carbonyl (C=O) groups excluding carboxylic acids is 4. The number of benzene rings is 1. The van der Waals surface area contributed by atoms with Gasteiger partial charge in [-0.2, -0.15) is 0 Å². The molecule has 286 valence electrons. The second kappa shape index (κ2) is 16.6. The largest absolute Gasteiger partial charge is 0.514 e. The second-order valence-corrected chi connectivity index (χ2v) is 14.8. The van der Waals surface area contributed by atoms with Gasteiger partial charge in [-0.05, 0) is 106 Å². The van der Waals surface area contributed by atoms with Gasteiger partial charge in [-0.1, -0.05) is 25.5 Å². The molecule has 0 aromatic heterocycles. The normalized spacial score (nSPS) is 28.8. The first-order chi connectivity index (χ1) is 24.4. The van der Waals surface area contributed by atoms with E-state index < -0.39 is 41.1 Å². The maximum absolute atomic E-state index is 13.5. The van der Waals surface area contributed by atoms with Crippen molar-refractivity contribution in [3.8, 4) is 11.5 Å². The van der Waals surface area contributed by atoms with E-state index in [1.54, 1.807) is 12.2 Å². The topological polar surface area (TPSA) is 218 Å². The minimum Gasteiger partial charge on any atom is -0.493 e. The molecule has 15 nitrogen and oxygen atoms in total. The fraction of sp³-hybridized carbons (Fsp3) is 0.622. The third-order valence-corrected chi connectivity index (χ3v) is 10.8. The maximum atomic E-state index is 13.5. The van der Waals surface area contributed by atoms with Crippen molar-refractivity contribution in [2.24, 2.45) is 34.5 Å². The van der Waals surface area contributed by atoms with E-state index in [0.29, 0.717) is 25.7 Å². The highest BCUT2D eigenvalue weighted by Crippen LogP contribution is 2.66. The minimum atomic E-state index is -1.50. The molecular weight excluding hydrogens is 682 g/mol. The molecule has 3 N–H and O–H groups in total. The molecule has 0 radical (unpaired) electrons. The van der Waals surface area contributed by atoms with Gasteiger partial charge in [0.25, 0.3) is 5.09 Å². The zero-order chi connectivity index (χ0) is 38.4. The Morgan fingerprint density at radius 1 is 1.04 bits per heavy atom. The lowest BCUT2D eigenvalue weighted by molar-refractivity contribution is -0.757. The number of carbonyl (C=O) groups is 4. The van der Waals surface area contributed by atoms with Crippen LogP contribution in [0.2, 0.25) is 0 Å². The highest BCUT2D eigenvalue weighted by Gasteiger charge is 2.62. The van der Waals surface area contributed by atoms with Gasteiger partial charge in [0.1, 0.15) is 0 Å². The first kappa shape index (κ1) is 40.4. The van der Waals surface area contributed by atoms with Crippen LogP contribution >= 0.6 is 0 Å². The summed E-state index contributed by atoms with van der Waals surface area (Å²) in [5.41, 5.74) is 0.373. The molecule has 0 spiro atoms. The lowest BCUT2D eigenvalue weighted by atomic mass is 9.46. The smallest absolute Gasteiger partial charge is 0.493 e. The summed E-state index contributed by atoms with van der Waals surface area (Å²) in [4.78, 5) is 64.9. The molecule has 0 bridgehead atoms. The molecule has 4 aliphatic rings. The van der Waals surface area contributed by atoms with E-state index in [2.05, 4.69) is 18.7 Å². The Hall–Kier alpha value is -4.34. The van der Waals surface area contributed by atoms with E-state index in [1.165, 1.54) is 39.2 Å². The van der Waals surface area contributed by atoms with Gasteiger partial charge in [-0.25, -0.2) is 9.59 Å². The van der Waals surface area contributed by atoms with Gasteiger partial charge in [-0.15, -0.1) is 10.1 Å². The standard InChI is InChI=1S/C34H41NO12.C3H8O2/c1-33-13-12-22(36)17-21(33)7-8-23-24-9-10-25(34(24,2)18-26(37)30(23)33)27(38)19-45-32(40)47-28-11-6-20(16-29(28)43-3)31(39)44-14-4-5-15-46-35(41)42;1-3(2,4)5/h6,11-13,16-17,23-26,30,37H,4-5,7-10,14-15,18-19H2,1-3H3;4-5H,1-2H3. The average molecular weight is 732 g/mol. The zero-order valence-corrected chi connectivity index (χ0v) is 30.2. The Bertz CT molecular complexity index is 1570. The van der Waals surface area contributed by atoms with Crippen molar-refractivity contribution in [2.45, 2.75) is 84.5 Å². The van der Waals surface area contributed by atoms with Gasteiger partial charge in [0.15, 0.2) is 35.5 Å². The number of rotatable bonds is 12. The third kappa shape index (κ3) is 9.55. The van der Waals surface area contributed by atoms with Gasteiger partial charge >= 0.3 is 12.1 Å². The summed E-state index contributed by atoms with van der Waals surface area (Å²) in [6.07, 6.45) is 7.80. The average Bonchev–Trinajstić information content (AvgIpc) is 3.41. The number of allylic oxidation sites excluding steroid dienone is 4. The SMILES string of the molecule is CC(C)(O)O.COc1cc(C(=O)OCCCCO[N+](=O)[O-])ccc1OC(=O)OCC(=O)C1CCC2C3CCC4=CC(=O)C=CC4(C)C3C(O)CC12C. The van der Waals surface area contributed by atoms with E-state index in [1.807, 2.05) is 6.08 Å². The van der Waals surface area contributed by atoms with E-state index >= 15 is 0 Å². The summed E-state index contributed by atoms with van der Waals surface area (Å²) in [6, 6.07) is 4.05. The number of nitrogens with zero attached hydrogens (tertiary/aromatic N) is 1. The number of hydrogen-bond donors (Lipinski definition) is 3. The van der Waals surface area contributed by atoms with Crippen LogP contribution in [0.4, 0.5) is 4.79 Å². The van der Waals surface area contributed by atoms with Crippen molar-refractivity contribution in [3.63, 3.8) is 0 Å². The molecule has 3 fully saturated rings. The van der Waals surface area contributed by atoms with Crippen LogP contribution in [0.25, 0.3) is 0 Å². The van der Waals surface area contributed by atoms with Crippen LogP contribution in [0.5, 0.6) is 11.5 Å². The van der Waals surface area contributed by atoms with E-state index in [4.69, 9.17) is 29.2 Å². The molecule has 0 aliphatic heterocycles. The predicted molar refractivity (Wildman–Crippen MR) is 182 cm³/mol. The monoisotopic (exact) mass is 731 g/mol. The van der Waals surface area contributed by atoms with Crippen LogP contribution in [0, 0.1) is 44.6 Å². The van der Waals surface area contributed by atoms with Crippen LogP contribution in [-0.2, 0) is 23.9 Å². The molecule has 0 heterocycles. The molecule has 7 atom stereocenters. The number of hydrogen-bond acceptors (Lipinski definition) is 14. The number of ketones is 2. The van der Waals surface area contributed by atoms with Crippen molar-refractivity contribution in [3.05, 3.63) is 57.7 Å². The van der Waals surface area contributed by atoms with E-state index in [0.717, 1.165) is 24.8 Å². The molecule has 15 heteroatoms. The number of aliphatic hydroxyl groups is 3. The van der Waals surface area contributed by atoms with Crippen LogP contribution in [-0.4, -0.2) is 82.9 Å². The Morgan fingerprint density at radius 2 is 1.73 bits per heavy atom. The van der Waals surface area contributed by atoms with Gasteiger partial charge in [0.05, 0.1) is 32.0 Å². The maximum Gasteiger partial charge on any atom is 0.514 e. The quantitative estimate of drug-likeness (QED) is 0.0672. The van der Waals surface area contributed by atoms with Gasteiger partial charge < -0.3 is 39.1 Å². The van der Waals surface area contributed by atoms with Crippen molar-refractivity contribution >= 4 is 23.7 Å². The highest BCUT2D eigenvalue weighted by molar-refractivity contribution is 6.01. The highest BCUT2D eigenvalue weighted by atomic mass is 16.9.